The van der Waals surface area contributed by atoms with Gasteiger partial charge in [0.05, 0.1) is 19.8 Å². The summed E-state index contributed by atoms with van der Waals surface area (Å²) in [5.41, 5.74) is 1.27. The number of hydrogen-bond donors (Lipinski definition) is 2. The Balaban J connectivity index is 0.00000338. The van der Waals surface area contributed by atoms with Crippen molar-refractivity contribution in [2.45, 2.75) is 32.3 Å². The first-order valence-electron chi connectivity index (χ1n) is 9.17. The monoisotopic (exact) mass is 477 g/mol. The summed E-state index contributed by atoms with van der Waals surface area (Å²) in [4.78, 5) is 4.66. The first kappa shape index (κ1) is 23.0. The smallest absolute Gasteiger partial charge is 0.191 e. The van der Waals surface area contributed by atoms with Gasteiger partial charge in [0.25, 0.3) is 0 Å². The van der Waals surface area contributed by atoms with Gasteiger partial charge in [0.2, 0.25) is 0 Å². The Kier molecular flexibility index (Phi) is 12.4. The third-order valence-electron chi connectivity index (χ3n) is 3.95. The second-order valence-electron chi connectivity index (χ2n) is 6.01. The zero-order chi connectivity index (χ0) is 17.7. The first-order valence-corrected chi connectivity index (χ1v) is 9.17. The van der Waals surface area contributed by atoms with Gasteiger partial charge in [-0.2, -0.15) is 0 Å². The van der Waals surface area contributed by atoms with E-state index in [4.69, 9.17) is 14.2 Å². The zero-order valence-corrected chi connectivity index (χ0v) is 18.2. The zero-order valence-electron chi connectivity index (χ0n) is 15.8. The molecule has 1 aromatic rings. The Labute approximate surface area is 174 Å². The molecule has 1 atom stereocenters. The normalized spacial score (nSPS) is 15.8. The molecular formula is C19H32IN3O3. The van der Waals surface area contributed by atoms with Crippen LogP contribution in [0.15, 0.2) is 29.3 Å². The number of fused-ring (bicyclic) bond motifs is 1. The molecule has 2 rings (SSSR count). The van der Waals surface area contributed by atoms with E-state index in [2.05, 4.69) is 34.7 Å². The highest BCUT2D eigenvalue weighted by atomic mass is 127. The SMILES string of the molecule is CCNC(=NCC1Cc2ccccc2O1)NCCCCOCCOC.I. The van der Waals surface area contributed by atoms with Crippen LogP contribution in [0.5, 0.6) is 5.75 Å². The molecule has 0 bridgehead atoms. The summed E-state index contributed by atoms with van der Waals surface area (Å²) in [5, 5.41) is 6.65. The molecule has 7 heteroatoms. The molecule has 0 aliphatic carbocycles. The van der Waals surface area contributed by atoms with Crippen LogP contribution >= 0.6 is 24.0 Å². The fourth-order valence-electron chi connectivity index (χ4n) is 2.67. The van der Waals surface area contributed by atoms with Gasteiger partial charge in [-0.25, -0.2) is 4.99 Å². The van der Waals surface area contributed by atoms with Gasteiger partial charge in [0.15, 0.2) is 5.96 Å². The number of guanidine groups is 1. The van der Waals surface area contributed by atoms with Crippen LogP contribution in [0.2, 0.25) is 0 Å². The molecule has 148 valence electrons. The molecule has 1 aromatic carbocycles. The number of para-hydroxylation sites is 1. The third kappa shape index (κ3) is 8.55. The van der Waals surface area contributed by atoms with E-state index in [1.165, 1.54) is 5.56 Å². The minimum Gasteiger partial charge on any atom is -0.488 e. The van der Waals surface area contributed by atoms with Gasteiger partial charge in [-0.15, -0.1) is 24.0 Å². The van der Waals surface area contributed by atoms with Crippen molar-refractivity contribution in [3.63, 3.8) is 0 Å². The van der Waals surface area contributed by atoms with Gasteiger partial charge in [0, 0.05) is 33.2 Å². The van der Waals surface area contributed by atoms with E-state index >= 15 is 0 Å². The quantitative estimate of drug-likeness (QED) is 0.222. The number of halogens is 1. The summed E-state index contributed by atoms with van der Waals surface area (Å²) in [6.45, 7) is 6.54. The number of nitrogens with one attached hydrogen (secondary N) is 2. The Morgan fingerprint density at radius 1 is 1.19 bits per heavy atom. The predicted molar refractivity (Wildman–Crippen MR) is 116 cm³/mol. The van der Waals surface area contributed by atoms with E-state index in [1.54, 1.807) is 7.11 Å². The van der Waals surface area contributed by atoms with Gasteiger partial charge in [-0.1, -0.05) is 18.2 Å². The summed E-state index contributed by atoms with van der Waals surface area (Å²) in [5.74, 6) is 1.84. The summed E-state index contributed by atoms with van der Waals surface area (Å²) in [6.07, 6.45) is 3.12. The molecule has 1 aliphatic heterocycles. The number of nitrogens with zero attached hydrogens (tertiary/aromatic N) is 1. The number of aliphatic imine (C=N–C) groups is 1. The largest absolute Gasteiger partial charge is 0.488 e. The molecule has 0 saturated heterocycles. The molecule has 1 aliphatic rings. The lowest BCUT2D eigenvalue weighted by Gasteiger charge is -2.13. The molecule has 0 spiro atoms. The number of benzene rings is 1. The highest BCUT2D eigenvalue weighted by molar-refractivity contribution is 14.0. The van der Waals surface area contributed by atoms with Crippen LogP contribution < -0.4 is 15.4 Å². The van der Waals surface area contributed by atoms with Crippen molar-refractivity contribution in [3.05, 3.63) is 29.8 Å². The molecule has 0 radical (unpaired) electrons. The van der Waals surface area contributed by atoms with Crippen LogP contribution in [0, 0.1) is 0 Å². The summed E-state index contributed by atoms with van der Waals surface area (Å²) in [7, 11) is 1.68. The second kappa shape index (κ2) is 14.1. The molecular weight excluding hydrogens is 445 g/mol. The van der Waals surface area contributed by atoms with Crippen LogP contribution in [0.3, 0.4) is 0 Å². The van der Waals surface area contributed by atoms with E-state index in [0.29, 0.717) is 19.8 Å². The maximum absolute atomic E-state index is 5.94. The fraction of sp³-hybridized carbons (Fsp3) is 0.632. The number of unbranched alkanes of at least 4 members (excludes halogenated alkanes) is 1. The second-order valence-corrected chi connectivity index (χ2v) is 6.01. The van der Waals surface area contributed by atoms with E-state index < -0.39 is 0 Å². The molecule has 0 fully saturated rings. The topological polar surface area (TPSA) is 64.1 Å². The lowest BCUT2D eigenvalue weighted by Crippen LogP contribution is -2.38. The average Bonchev–Trinajstić information content (AvgIpc) is 3.04. The Hall–Kier alpha value is -1.06. The van der Waals surface area contributed by atoms with Crippen LogP contribution in [0.4, 0.5) is 0 Å². The molecule has 0 aromatic heterocycles. The van der Waals surface area contributed by atoms with Crippen molar-refractivity contribution in [3.8, 4) is 5.75 Å². The Morgan fingerprint density at radius 2 is 2.04 bits per heavy atom. The van der Waals surface area contributed by atoms with Crippen LogP contribution in [0.25, 0.3) is 0 Å². The van der Waals surface area contributed by atoms with Crippen molar-refractivity contribution >= 4 is 29.9 Å². The van der Waals surface area contributed by atoms with Crippen LogP contribution in [0.1, 0.15) is 25.3 Å². The Morgan fingerprint density at radius 3 is 2.81 bits per heavy atom. The molecule has 0 amide bonds. The lowest BCUT2D eigenvalue weighted by atomic mass is 10.1. The minimum atomic E-state index is 0. The number of methoxy groups -OCH3 is 1. The predicted octanol–water partition coefficient (Wildman–Crippen LogP) is 2.61. The minimum absolute atomic E-state index is 0. The first-order chi connectivity index (χ1) is 12.3. The number of hydrogen-bond acceptors (Lipinski definition) is 4. The van der Waals surface area contributed by atoms with Crippen molar-refractivity contribution in [2.75, 3.05) is 46.6 Å². The summed E-state index contributed by atoms with van der Waals surface area (Å²) in [6, 6.07) is 8.21. The fourth-order valence-corrected chi connectivity index (χ4v) is 2.67. The van der Waals surface area contributed by atoms with E-state index in [1.807, 2.05) is 12.1 Å². The van der Waals surface area contributed by atoms with E-state index in [0.717, 1.165) is 50.7 Å². The standard InChI is InChI=1S/C19H31N3O3.HI/c1-3-20-19(21-10-6-7-11-24-13-12-23-2)22-15-17-14-16-8-4-5-9-18(16)25-17;/h4-5,8-9,17H,3,6-7,10-15H2,1-2H3,(H2,20,21,22);1H. The molecule has 0 saturated carbocycles. The van der Waals surface area contributed by atoms with Crippen LogP contribution in [-0.2, 0) is 15.9 Å². The van der Waals surface area contributed by atoms with Crippen molar-refractivity contribution in [1.29, 1.82) is 0 Å². The van der Waals surface area contributed by atoms with Gasteiger partial charge in [-0.05, 0) is 31.4 Å². The Bertz CT molecular complexity index is 504. The third-order valence-corrected chi connectivity index (χ3v) is 3.95. The average molecular weight is 477 g/mol. The maximum Gasteiger partial charge on any atom is 0.191 e. The van der Waals surface area contributed by atoms with Gasteiger partial charge >= 0.3 is 0 Å². The maximum atomic E-state index is 5.94. The molecule has 1 heterocycles. The number of rotatable bonds is 11. The highest BCUT2D eigenvalue weighted by Gasteiger charge is 2.21. The van der Waals surface area contributed by atoms with Crippen LogP contribution in [-0.4, -0.2) is 58.6 Å². The lowest BCUT2D eigenvalue weighted by molar-refractivity contribution is 0.0689. The molecule has 26 heavy (non-hydrogen) atoms. The molecule has 2 N–H and O–H groups in total. The molecule has 1 unspecified atom stereocenters. The summed E-state index contributed by atoms with van der Waals surface area (Å²) >= 11 is 0. The van der Waals surface area contributed by atoms with Crippen molar-refractivity contribution < 1.29 is 14.2 Å². The number of ether oxygens (including phenoxy) is 3. The molecule has 6 nitrogen and oxygen atoms in total. The van der Waals surface area contributed by atoms with Gasteiger partial charge < -0.3 is 24.8 Å². The van der Waals surface area contributed by atoms with E-state index in [-0.39, 0.29) is 30.1 Å². The van der Waals surface area contributed by atoms with E-state index in [9.17, 15) is 0 Å². The van der Waals surface area contributed by atoms with Crippen molar-refractivity contribution in [1.82, 2.24) is 10.6 Å². The van der Waals surface area contributed by atoms with Gasteiger partial charge in [-0.3, -0.25) is 0 Å². The van der Waals surface area contributed by atoms with Gasteiger partial charge in [0.1, 0.15) is 11.9 Å². The van der Waals surface area contributed by atoms with Crippen molar-refractivity contribution in [2.24, 2.45) is 4.99 Å². The summed E-state index contributed by atoms with van der Waals surface area (Å²) < 4.78 is 16.3. The highest BCUT2D eigenvalue weighted by Crippen LogP contribution is 2.28.